The van der Waals surface area contributed by atoms with Gasteiger partial charge < -0.3 is 9.80 Å². The van der Waals surface area contributed by atoms with Crippen LogP contribution in [0.2, 0.25) is 0 Å². The second-order valence-corrected chi connectivity index (χ2v) is 5.59. The third-order valence-corrected chi connectivity index (χ3v) is 4.36. The summed E-state index contributed by atoms with van der Waals surface area (Å²) < 4.78 is 13.7. The Kier molecular flexibility index (Phi) is 4.62. The van der Waals surface area contributed by atoms with Crippen molar-refractivity contribution in [3.05, 3.63) is 29.6 Å². The van der Waals surface area contributed by atoms with Gasteiger partial charge in [-0.25, -0.2) is 4.39 Å². The van der Waals surface area contributed by atoms with Gasteiger partial charge in [-0.2, -0.15) is 0 Å². The van der Waals surface area contributed by atoms with Crippen molar-refractivity contribution < 1.29 is 4.39 Å². The van der Waals surface area contributed by atoms with Crippen molar-refractivity contribution in [3.8, 4) is 0 Å². The molecular formula is C14H20BrFN2. The summed E-state index contributed by atoms with van der Waals surface area (Å²) in [6.45, 7) is 2.13. The molecule has 1 fully saturated rings. The molecule has 1 atom stereocenters. The molecule has 0 bridgehead atoms. The minimum atomic E-state index is -0.129. The summed E-state index contributed by atoms with van der Waals surface area (Å²) in [5.41, 5.74) is 1.74. The van der Waals surface area contributed by atoms with Gasteiger partial charge in [0.15, 0.2) is 0 Å². The van der Waals surface area contributed by atoms with Crippen LogP contribution in [0.15, 0.2) is 18.2 Å². The number of hydrogen-bond donors (Lipinski definition) is 0. The van der Waals surface area contributed by atoms with E-state index in [0.29, 0.717) is 11.4 Å². The first-order valence-electron chi connectivity index (χ1n) is 6.38. The molecule has 100 valence electrons. The maximum Gasteiger partial charge on any atom is 0.129 e. The molecule has 1 unspecified atom stereocenters. The van der Waals surface area contributed by atoms with Crippen LogP contribution in [0.1, 0.15) is 18.4 Å². The summed E-state index contributed by atoms with van der Waals surface area (Å²) in [6.07, 6.45) is 2.50. The summed E-state index contributed by atoms with van der Waals surface area (Å²) in [6, 6.07) is 5.89. The van der Waals surface area contributed by atoms with Crippen LogP contribution in [0.25, 0.3) is 0 Å². The van der Waals surface area contributed by atoms with E-state index >= 15 is 0 Å². The van der Waals surface area contributed by atoms with Crippen molar-refractivity contribution in [2.75, 3.05) is 32.1 Å². The first kappa shape index (κ1) is 13.8. The van der Waals surface area contributed by atoms with Crippen LogP contribution in [0.4, 0.5) is 10.1 Å². The third-order valence-electron chi connectivity index (χ3n) is 3.80. The van der Waals surface area contributed by atoms with E-state index in [-0.39, 0.29) is 5.82 Å². The van der Waals surface area contributed by atoms with Crippen LogP contribution in [-0.2, 0) is 5.33 Å². The molecule has 2 rings (SSSR count). The highest BCUT2D eigenvalue weighted by atomic mass is 79.9. The molecule has 1 aromatic rings. The number of likely N-dealkylation sites (tertiary alicyclic amines) is 1. The molecule has 0 saturated carbocycles. The second kappa shape index (κ2) is 6.02. The van der Waals surface area contributed by atoms with Crippen LogP contribution in [0, 0.1) is 5.82 Å². The molecule has 0 N–H and O–H groups in total. The van der Waals surface area contributed by atoms with Crippen LogP contribution in [0.5, 0.6) is 0 Å². The predicted molar refractivity (Wildman–Crippen MR) is 78.0 cm³/mol. The number of rotatable bonds is 4. The second-order valence-electron chi connectivity index (χ2n) is 5.03. The van der Waals surface area contributed by atoms with Crippen molar-refractivity contribution in [2.24, 2.45) is 0 Å². The fourth-order valence-electron chi connectivity index (χ4n) is 2.66. The Hall–Kier alpha value is -0.610. The van der Waals surface area contributed by atoms with Crippen LogP contribution >= 0.6 is 15.9 Å². The van der Waals surface area contributed by atoms with E-state index in [9.17, 15) is 4.39 Å². The van der Waals surface area contributed by atoms with Crippen molar-refractivity contribution in [1.29, 1.82) is 0 Å². The maximum atomic E-state index is 13.7. The maximum absolute atomic E-state index is 13.7. The first-order valence-corrected chi connectivity index (χ1v) is 7.50. The molecular weight excluding hydrogens is 295 g/mol. The SMILES string of the molecule is CN(CC1CCCN1C)c1cccc(F)c1CBr. The Bertz CT molecular complexity index is 411. The van der Waals surface area contributed by atoms with Crippen molar-refractivity contribution >= 4 is 21.6 Å². The minimum Gasteiger partial charge on any atom is -0.373 e. The topological polar surface area (TPSA) is 6.48 Å². The van der Waals surface area contributed by atoms with Crippen LogP contribution < -0.4 is 4.90 Å². The molecule has 0 aliphatic carbocycles. The van der Waals surface area contributed by atoms with Gasteiger partial charge in [0.05, 0.1) is 0 Å². The highest BCUT2D eigenvalue weighted by molar-refractivity contribution is 9.08. The standard InChI is InChI=1S/C14H20BrFN2/c1-17-8-4-5-11(17)10-18(2)14-7-3-6-13(16)12(14)9-15/h3,6-7,11H,4-5,8-10H2,1-2H3. The largest absolute Gasteiger partial charge is 0.373 e. The number of benzene rings is 1. The molecule has 1 aliphatic heterocycles. The van der Waals surface area contributed by atoms with Gasteiger partial charge >= 0.3 is 0 Å². The first-order chi connectivity index (χ1) is 8.63. The highest BCUT2D eigenvalue weighted by Gasteiger charge is 2.23. The van der Waals surface area contributed by atoms with E-state index < -0.39 is 0 Å². The summed E-state index contributed by atoms with van der Waals surface area (Å²) in [5, 5.41) is 0.555. The lowest BCUT2D eigenvalue weighted by atomic mass is 10.1. The number of halogens is 2. The Morgan fingerprint density at radius 1 is 1.50 bits per heavy atom. The highest BCUT2D eigenvalue weighted by Crippen LogP contribution is 2.26. The number of hydrogen-bond acceptors (Lipinski definition) is 2. The molecule has 1 aliphatic rings. The van der Waals surface area contributed by atoms with E-state index in [0.717, 1.165) is 17.8 Å². The minimum absolute atomic E-state index is 0.129. The summed E-state index contributed by atoms with van der Waals surface area (Å²) in [4.78, 5) is 4.57. The zero-order valence-electron chi connectivity index (χ0n) is 11.0. The van der Waals surface area contributed by atoms with Gasteiger partial charge in [-0.1, -0.05) is 22.0 Å². The Balaban J connectivity index is 2.13. The van der Waals surface area contributed by atoms with Gasteiger partial charge in [0.1, 0.15) is 5.82 Å². The monoisotopic (exact) mass is 314 g/mol. The molecule has 4 heteroatoms. The Morgan fingerprint density at radius 3 is 2.89 bits per heavy atom. The number of nitrogens with zero attached hydrogens (tertiary/aromatic N) is 2. The Morgan fingerprint density at radius 2 is 2.28 bits per heavy atom. The molecule has 18 heavy (non-hydrogen) atoms. The number of alkyl halides is 1. The number of likely N-dealkylation sites (N-methyl/N-ethyl adjacent to an activating group) is 2. The van der Waals surface area contributed by atoms with E-state index in [4.69, 9.17) is 0 Å². The predicted octanol–water partition coefficient (Wildman–Crippen LogP) is 3.25. The van der Waals surface area contributed by atoms with Crippen LogP contribution in [0.3, 0.4) is 0 Å². The average molecular weight is 315 g/mol. The van der Waals surface area contributed by atoms with E-state index in [1.807, 2.05) is 13.1 Å². The van der Waals surface area contributed by atoms with Crippen molar-refractivity contribution in [3.63, 3.8) is 0 Å². The van der Waals surface area contributed by atoms with Gasteiger partial charge in [0.2, 0.25) is 0 Å². The normalized spacial score (nSPS) is 20.3. The molecule has 2 nitrogen and oxygen atoms in total. The van der Waals surface area contributed by atoms with Gasteiger partial charge in [0.25, 0.3) is 0 Å². The third kappa shape index (κ3) is 2.86. The fraction of sp³-hybridized carbons (Fsp3) is 0.571. The Labute approximate surface area is 117 Å². The summed E-state index contributed by atoms with van der Waals surface area (Å²) in [7, 11) is 4.22. The summed E-state index contributed by atoms with van der Waals surface area (Å²) in [5.74, 6) is -0.129. The fourth-order valence-corrected chi connectivity index (χ4v) is 3.22. The van der Waals surface area contributed by atoms with Gasteiger partial charge in [0, 0.05) is 36.2 Å². The zero-order chi connectivity index (χ0) is 13.1. The lowest BCUT2D eigenvalue weighted by molar-refractivity contribution is 0.314. The molecule has 1 saturated heterocycles. The molecule has 0 aromatic heterocycles. The van der Waals surface area contributed by atoms with E-state index in [2.05, 4.69) is 32.8 Å². The summed E-state index contributed by atoms with van der Waals surface area (Å²) >= 11 is 3.37. The van der Waals surface area contributed by atoms with E-state index in [1.54, 1.807) is 6.07 Å². The molecule has 1 heterocycles. The van der Waals surface area contributed by atoms with Crippen LogP contribution in [-0.4, -0.2) is 38.1 Å². The van der Waals surface area contributed by atoms with Crippen molar-refractivity contribution in [1.82, 2.24) is 4.90 Å². The van der Waals surface area contributed by atoms with Gasteiger partial charge in [-0.05, 0) is 38.6 Å². The smallest absolute Gasteiger partial charge is 0.129 e. The zero-order valence-corrected chi connectivity index (χ0v) is 12.6. The molecule has 1 aromatic carbocycles. The average Bonchev–Trinajstić information content (AvgIpc) is 2.74. The molecule has 0 radical (unpaired) electrons. The van der Waals surface area contributed by atoms with Crippen molar-refractivity contribution in [2.45, 2.75) is 24.2 Å². The van der Waals surface area contributed by atoms with Gasteiger partial charge in [-0.3, -0.25) is 0 Å². The quantitative estimate of drug-likeness (QED) is 0.787. The van der Waals surface area contributed by atoms with E-state index in [1.165, 1.54) is 25.5 Å². The lowest BCUT2D eigenvalue weighted by Gasteiger charge is -2.28. The number of anilines is 1. The van der Waals surface area contributed by atoms with Gasteiger partial charge in [-0.15, -0.1) is 0 Å². The molecule has 0 amide bonds. The lowest BCUT2D eigenvalue weighted by Crippen LogP contribution is -2.37. The molecule has 0 spiro atoms.